The Kier molecular flexibility index (Phi) is 3.62. The number of ether oxygens (including phenoxy) is 1. The van der Waals surface area contributed by atoms with Crippen molar-refractivity contribution in [2.24, 2.45) is 0 Å². The molecule has 0 saturated heterocycles. The Bertz CT molecular complexity index is 720. The summed E-state index contributed by atoms with van der Waals surface area (Å²) in [4.78, 5) is 14.5. The number of hydrogen-bond donors (Lipinski definition) is 0. The van der Waals surface area contributed by atoms with E-state index in [1.54, 1.807) is 32.0 Å². The molecule has 0 saturated carbocycles. The highest BCUT2D eigenvalue weighted by Crippen LogP contribution is 2.36. The number of aromatic nitrogens is 1. The number of hydrogen-bond acceptors (Lipinski definition) is 5. The third kappa shape index (κ3) is 2.57. The molecule has 1 heterocycles. The smallest absolute Gasteiger partial charge is 0.312 e. The summed E-state index contributed by atoms with van der Waals surface area (Å²) in [5.41, 5.74) is 1.36. The fourth-order valence-electron chi connectivity index (χ4n) is 1.87. The molecule has 0 bridgehead atoms. The minimum atomic E-state index is -0.502. The Balaban J connectivity index is 2.54. The van der Waals surface area contributed by atoms with Crippen LogP contribution in [-0.2, 0) is 0 Å². The highest BCUT2D eigenvalue weighted by atomic mass is 16.6. The van der Waals surface area contributed by atoms with Gasteiger partial charge in [-0.2, -0.15) is 5.26 Å². The first-order valence-corrected chi connectivity index (χ1v) is 5.81. The van der Waals surface area contributed by atoms with E-state index in [4.69, 9.17) is 10.00 Å². The van der Waals surface area contributed by atoms with Gasteiger partial charge in [-0.3, -0.25) is 10.1 Å². The molecule has 0 aliphatic heterocycles. The molecular formula is C14H11N3O3. The molecule has 0 amide bonds. The molecule has 0 spiro atoms. The van der Waals surface area contributed by atoms with Crippen LogP contribution in [-0.4, -0.2) is 9.91 Å². The monoisotopic (exact) mass is 269 g/mol. The van der Waals surface area contributed by atoms with Crippen LogP contribution in [0.5, 0.6) is 11.5 Å². The number of nitrogens with zero attached hydrogens (tertiary/aromatic N) is 3. The van der Waals surface area contributed by atoms with E-state index in [0.717, 1.165) is 5.56 Å². The lowest BCUT2D eigenvalue weighted by Gasteiger charge is -2.10. The van der Waals surface area contributed by atoms with Crippen molar-refractivity contribution >= 4 is 5.69 Å². The maximum atomic E-state index is 11.1. The fourth-order valence-corrected chi connectivity index (χ4v) is 1.87. The lowest BCUT2D eigenvalue weighted by Crippen LogP contribution is -1.98. The number of nitro groups is 1. The molecule has 2 aromatic rings. The van der Waals surface area contributed by atoms with Gasteiger partial charge in [-0.05, 0) is 37.1 Å². The molecule has 0 unspecified atom stereocenters. The summed E-state index contributed by atoms with van der Waals surface area (Å²) in [7, 11) is 0. The maximum Gasteiger partial charge on any atom is 0.312 e. The van der Waals surface area contributed by atoms with Crippen LogP contribution in [0.25, 0.3) is 0 Å². The summed E-state index contributed by atoms with van der Waals surface area (Å²) < 4.78 is 5.55. The zero-order valence-electron chi connectivity index (χ0n) is 11.0. The number of aryl methyl sites for hydroxylation is 2. The maximum absolute atomic E-state index is 11.1. The SMILES string of the molecule is Cc1cc(C)c(Oc2cccnc2C#N)c([N+](=O)[O-])c1. The van der Waals surface area contributed by atoms with Crippen molar-refractivity contribution in [2.45, 2.75) is 13.8 Å². The molecule has 20 heavy (non-hydrogen) atoms. The van der Waals surface area contributed by atoms with Crippen LogP contribution in [0.4, 0.5) is 5.69 Å². The molecule has 1 aromatic heterocycles. The second kappa shape index (κ2) is 5.36. The lowest BCUT2D eigenvalue weighted by molar-refractivity contribution is -0.385. The molecule has 2 rings (SSSR count). The van der Waals surface area contributed by atoms with Gasteiger partial charge in [0.15, 0.2) is 11.4 Å². The Morgan fingerprint density at radius 2 is 2.15 bits per heavy atom. The molecule has 0 N–H and O–H groups in total. The second-order valence-electron chi connectivity index (χ2n) is 4.25. The van der Waals surface area contributed by atoms with Gasteiger partial charge in [0.2, 0.25) is 5.75 Å². The third-order valence-electron chi connectivity index (χ3n) is 2.68. The summed E-state index contributed by atoms with van der Waals surface area (Å²) in [5.74, 6) is 0.329. The summed E-state index contributed by atoms with van der Waals surface area (Å²) in [6.07, 6.45) is 1.46. The van der Waals surface area contributed by atoms with E-state index in [1.807, 2.05) is 6.07 Å². The second-order valence-corrected chi connectivity index (χ2v) is 4.25. The van der Waals surface area contributed by atoms with Gasteiger partial charge in [-0.25, -0.2) is 4.98 Å². The van der Waals surface area contributed by atoms with Crippen molar-refractivity contribution in [3.63, 3.8) is 0 Å². The number of pyridine rings is 1. The lowest BCUT2D eigenvalue weighted by atomic mass is 10.1. The van der Waals surface area contributed by atoms with Gasteiger partial charge in [0.1, 0.15) is 6.07 Å². The topological polar surface area (TPSA) is 89.0 Å². The largest absolute Gasteiger partial charge is 0.447 e. The van der Waals surface area contributed by atoms with Gasteiger partial charge >= 0.3 is 5.69 Å². The van der Waals surface area contributed by atoms with Crippen LogP contribution in [0.2, 0.25) is 0 Å². The molecule has 0 fully saturated rings. The van der Waals surface area contributed by atoms with E-state index >= 15 is 0 Å². The van der Waals surface area contributed by atoms with Crippen LogP contribution >= 0.6 is 0 Å². The third-order valence-corrected chi connectivity index (χ3v) is 2.68. The van der Waals surface area contributed by atoms with E-state index in [2.05, 4.69) is 4.98 Å². The molecule has 1 aromatic carbocycles. The summed E-state index contributed by atoms with van der Waals surface area (Å²) in [6.45, 7) is 3.49. The summed E-state index contributed by atoms with van der Waals surface area (Å²) in [5, 5.41) is 20.1. The number of nitro benzene ring substituents is 1. The summed E-state index contributed by atoms with van der Waals surface area (Å²) >= 11 is 0. The normalized spacial score (nSPS) is 9.85. The van der Waals surface area contributed by atoms with Crippen molar-refractivity contribution in [1.82, 2.24) is 4.98 Å². The van der Waals surface area contributed by atoms with E-state index in [0.29, 0.717) is 5.56 Å². The van der Waals surface area contributed by atoms with Gasteiger partial charge in [-0.15, -0.1) is 0 Å². The van der Waals surface area contributed by atoms with Crippen molar-refractivity contribution in [3.05, 3.63) is 57.4 Å². The predicted octanol–water partition coefficient (Wildman–Crippen LogP) is 3.27. The number of benzene rings is 1. The van der Waals surface area contributed by atoms with Crippen LogP contribution in [0.15, 0.2) is 30.5 Å². The van der Waals surface area contributed by atoms with E-state index in [9.17, 15) is 10.1 Å². The van der Waals surface area contributed by atoms with Crippen molar-refractivity contribution in [1.29, 1.82) is 5.26 Å². The van der Waals surface area contributed by atoms with Gasteiger partial charge < -0.3 is 4.74 Å². The molecule has 0 atom stereocenters. The minimum absolute atomic E-state index is 0.0850. The Morgan fingerprint density at radius 3 is 2.80 bits per heavy atom. The Hall–Kier alpha value is -2.94. The van der Waals surface area contributed by atoms with Crippen molar-refractivity contribution in [3.8, 4) is 17.6 Å². The average Bonchev–Trinajstić information content (AvgIpc) is 2.41. The molecule has 6 heteroatoms. The first kappa shape index (κ1) is 13.5. The molecule has 100 valence electrons. The van der Waals surface area contributed by atoms with Crippen LogP contribution in [0.3, 0.4) is 0 Å². The average molecular weight is 269 g/mol. The van der Waals surface area contributed by atoms with Crippen molar-refractivity contribution in [2.75, 3.05) is 0 Å². The number of nitriles is 1. The standard InChI is InChI=1S/C14H11N3O3/c1-9-6-10(2)14(12(7-9)17(18)19)20-13-4-3-5-16-11(13)8-15/h3-7H,1-2H3. The highest BCUT2D eigenvalue weighted by molar-refractivity contribution is 5.56. The molecular weight excluding hydrogens is 258 g/mol. The first-order chi connectivity index (χ1) is 9.52. The van der Waals surface area contributed by atoms with Crippen LogP contribution < -0.4 is 4.74 Å². The van der Waals surface area contributed by atoms with E-state index < -0.39 is 4.92 Å². The molecule has 0 radical (unpaired) electrons. The predicted molar refractivity (Wildman–Crippen MR) is 71.6 cm³/mol. The first-order valence-electron chi connectivity index (χ1n) is 5.81. The molecule has 0 aliphatic rings. The zero-order valence-corrected chi connectivity index (χ0v) is 11.0. The van der Waals surface area contributed by atoms with E-state index in [-0.39, 0.29) is 22.9 Å². The van der Waals surface area contributed by atoms with Gasteiger partial charge in [0, 0.05) is 12.3 Å². The van der Waals surface area contributed by atoms with Gasteiger partial charge in [0.05, 0.1) is 4.92 Å². The Labute approximate surface area is 115 Å². The van der Waals surface area contributed by atoms with Crippen molar-refractivity contribution < 1.29 is 9.66 Å². The fraction of sp³-hybridized carbons (Fsp3) is 0.143. The van der Waals surface area contributed by atoms with Crippen LogP contribution in [0.1, 0.15) is 16.8 Å². The van der Waals surface area contributed by atoms with Gasteiger partial charge in [0.25, 0.3) is 0 Å². The van der Waals surface area contributed by atoms with Crippen LogP contribution in [0, 0.1) is 35.3 Å². The highest BCUT2D eigenvalue weighted by Gasteiger charge is 2.20. The Morgan fingerprint density at radius 1 is 1.40 bits per heavy atom. The zero-order chi connectivity index (χ0) is 14.7. The minimum Gasteiger partial charge on any atom is -0.447 e. The molecule has 0 aliphatic carbocycles. The quantitative estimate of drug-likeness (QED) is 0.630. The molecule has 6 nitrogen and oxygen atoms in total. The summed E-state index contributed by atoms with van der Waals surface area (Å²) in [6, 6.07) is 8.26. The number of rotatable bonds is 3. The van der Waals surface area contributed by atoms with Gasteiger partial charge in [-0.1, -0.05) is 6.07 Å². The van der Waals surface area contributed by atoms with E-state index in [1.165, 1.54) is 12.3 Å².